The van der Waals surface area contributed by atoms with Crippen LogP contribution in [0.4, 0.5) is 0 Å². The molecule has 9 nitrogen and oxygen atoms in total. The summed E-state index contributed by atoms with van der Waals surface area (Å²) >= 11 is 0. The number of methoxy groups -OCH3 is 1. The Bertz CT molecular complexity index is 2010. The third-order valence-corrected chi connectivity index (χ3v) is 15.2. The summed E-state index contributed by atoms with van der Waals surface area (Å²) in [4.78, 5) is 33.5. The first-order valence-electron chi connectivity index (χ1n) is 18.7. The minimum absolute atomic E-state index is 0.201. The van der Waals surface area contributed by atoms with Crippen LogP contribution in [0.15, 0.2) is 65.3 Å². The molecule has 2 saturated heterocycles. The fraction of sp³-hybridized carbons (Fsp3) is 0.550. The molecule has 1 aromatic carbocycles. The fourth-order valence-electron chi connectivity index (χ4n) is 10.4. The number of piperazine rings is 1. The van der Waals surface area contributed by atoms with E-state index in [9.17, 15) is 18.0 Å². The molecule has 2 aromatic rings. The van der Waals surface area contributed by atoms with E-state index in [0.717, 1.165) is 77.8 Å². The van der Waals surface area contributed by atoms with E-state index in [1.54, 1.807) is 13.2 Å². The van der Waals surface area contributed by atoms with Crippen molar-refractivity contribution >= 4 is 32.7 Å². The summed E-state index contributed by atoms with van der Waals surface area (Å²) in [5.41, 5.74) is 6.65. The van der Waals surface area contributed by atoms with Crippen LogP contribution in [0.1, 0.15) is 93.7 Å². The molecule has 2 saturated carbocycles. The highest BCUT2D eigenvalue weighted by molar-refractivity contribution is 7.91. The Morgan fingerprint density at radius 2 is 1.82 bits per heavy atom. The minimum Gasteiger partial charge on any atom is -0.496 e. The molecule has 7 aliphatic rings. The predicted octanol–water partition coefficient (Wildman–Crippen LogP) is 5.84. The number of hydrogen-bond acceptors (Lipinski definition) is 6. The second-order valence-electron chi connectivity index (χ2n) is 16.0. The van der Waals surface area contributed by atoms with Gasteiger partial charge in [0.1, 0.15) is 5.75 Å². The van der Waals surface area contributed by atoms with E-state index < -0.39 is 20.7 Å². The number of carbonyl (C=O) groups excluding carboxylic acids is 2. The Morgan fingerprint density at radius 3 is 2.50 bits per heavy atom. The number of likely N-dealkylation sites (N-methyl/N-ethyl adjacent to an activating group) is 1. The van der Waals surface area contributed by atoms with E-state index in [1.165, 1.54) is 24.8 Å². The van der Waals surface area contributed by atoms with E-state index in [2.05, 4.69) is 63.1 Å². The Kier molecular flexibility index (Phi) is 7.56. The third-order valence-electron chi connectivity index (χ3n) is 13.1. The zero-order valence-corrected chi connectivity index (χ0v) is 30.1. The number of benzene rings is 1. The maximum Gasteiger partial charge on any atom is 0.265 e. The lowest BCUT2D eigenvalue weighted by Gasteiger charge is -2.43. The SMILES string of the molecule is C=CCC1(S(=O)(=O)NC(=O)C2=C3Cn4c(cc5c(OC)ccc(C6CCCCC6)c54)C4C(=C32)C=CC[C@H]4C(=O)N2C3CCC2CN(C)C3)CC1. The van der Waals surface area contributed by atoms with Crippen molar-refractivity contribution in [1.29, 1.82) is 0 Å². The van der Waals surface area contributed by atoms with E-state index in [-0.39, 0.29) is 29.8 Å². The molecule has 0 radical (unpaired) electrons. The van der Waals surface area contributed by atoms with Crippen molar-refractivity contribution in [1.82, 2.24) is 19.1 Å². The number of fused-ring (bicyclic) bond motifs is 8. The molecule has 9 rings (SSSR count). The lowest BCUT2D eigenvalue weighted by atomic mass is 9.75. The van der Waals surface area contributed by atoms with Gasteiger partial charge in [-0.3, -0.25) is 9.59 Å². The van der Waals surface area contributed by atoms with Crippen LogP contribution in [0.2, 0.25) is 0 Å². The highest BCUT2D eigenvalue weighted by atomic mass is 32.2. The van der Waals surface area contributed by atoms with E-state index in [0.29, 0.717) is 43.7 Å². The summed E-state index contributed by atoms with van der Waals surface area (Å²) in [5.74, 6) is 0.289. The van der Waals surface area contributed by atoms with Gasteiger partial charge in [-0.25, -0.2) is 13.1 Å². The van der Waals surface area contributed by atoms with Gasteiger partial charge in [0.2, 0.25) is 15.9 Å². The Morgan fingerprint density at radius 1 is 1.08 bits per heavy atom. The van der Waals surface area contributed by atoms with Gasteiger partial charge in [0.15, 0.2) is 0 Å². The van der Waals surface area contributed by atoms with E-state index >= 15 is 0 Å². The van der Waals surface area contributed by atoms with Crippen LogP contribution in [0.3, 0.4) is 0 Å². The van der Waals surface area contributed by atoms with Crippen LogP contribution in [0, 0.1) is 5.92 Å². The topological polar surface area (TPSA) is 101 Å². The first-order valence-corrected chi connectivity index (χ1v) is 20.2. The van der Waals surface area contributed by atoms with Crippen LogP contribution < -0.4 is 9.46 Å². The average Bonchev–Trinajstić information content (AvgIpc) is 4.00. The van der Waals surface area contributed by atoms with Crippen LogP contribution in [0.5, 0.6) is 5.75 Å². The lowest BCUT2D eigenvalue weighted by molar-refractivity contribution is -0.141. The number of amides is 2. The minimum atomic E-state index is -3.89. The fourth-order valence-corrected chi connectivity index (χ4v) is 12.0. The number of allylic oxidation sites excluding steroid dienone is 5. The highest BCUT2D eigenvalue weighted by Crippen LogP contribution is 2.56. The number of sulfonamides is 1. The molecule has 3 unspecified atom stereocenters. The molecule has 4 fully saturated rings. The number of nitrogens with one attached hydrogen (secondary N) is 1. The highest BCUT2D eigenvalue weighted by Gasteiger charge is 2.56. The first-order chi connectivity index (χ1) is 24.2. The summed E-state index contributed by atoms with van der Waals surface area (Å²) in [6.07, 6.45) is 15.8. The van der Waals surface area contributed by atoms with Gasteiger partial charge in [0.25, 0.3) is 5.91 Å². The van der Waals surface area contributed by atoms with Crippen molar-refractivity contribution in [3.8, 4) is 5.75 Å². The maximum absolute atomic E-state index is 14.9. The second-order valence-corrected chi connectivity index (χ2v) is 18.1. The largest absolute Gasteiger partial charge is 0.496 e. The van der Waals surface area contributed by atoms with Gasteiger partial charge in [-0.1, -0.05) is 43.6 Å². The van der Waals surface area contributed by atoms with Gasteiger partial charge < -0.3 is 19.1 Å². The number of carbonyl (C=O) groups is 2. The molecule has 2 amide bonds. The summed E-state index contributed by atoms with van der Waals surface area (Å²) in [6.45, 7) is 6.00. The maximum atomic E-state index is 14.9. The van der Waals surface area contributed by atoms with Crippen molar-refractivity contribution in [3.63, 3.8) is 0 Å². The number of rotatable bonds is 8. The molecule has 10 heteroatoms. The van der Waals surface area contributed by atoms with Crippen molar-refractivity contribution in [3.05, 3.63) is 76.6 Å². The number of nitrogens with zero attached hydrogens (tertiary/aromatic N) is 3. The van der Waals surface area contributed by atoms with Gasteiger partial charge in [-0.2, -0.15) is 0 Å². The molecule has 4 heterocycles. The summed E-state index contributed by atoms with van der Waals surface area (Å²) in [7, 11) is -0.0311. The average molecular weight is 697 g/mol. The molecular weight excluding hydrogens is 649 g/mol. The van der Waals surface area contributed by atoms with Crippen LogP contribution in [-0.4, -0.2) is 78.7 Å². The summed E-state index contributed by atoms with van der Waals surface area (Å²) in [5, 5.41) is 1.05. The van der Waals surface area contributed by atoms with E-state index in [4.69, 9.17) is 4.74 Å². The predicted molar refractivity (Wildman–Crippen MR) is 193 cm³/mol. The van der Waals surface area contributed by atoms with Gasteiger partial charge >= 0.3 is 0 Å². The number of hydrogen-bond donors (Lipinski definition) is 1. The molecule has 3 aliphatic heterocycles. The van der Waals surface area contributed by atoms with Gasteiger partial charge in [0.05, 0.1) is 28.9 Å². The van der Waals surface area contributed by atoms with Crippen LogP contribution in [0.25, 0.3) is 10.9 Å². The summed E-state index contributed by atoms with van der Waals surface area (Å²) in [6, 6.07) is 7.01. The van der Waals surface area contributed by atoms with Crippen LogP contribution >= 0.6 is 0 Å². The van der Waals surface area contributed by atoms with E-state index in [1.807, 2.05) is 0 Å². The smallest absolute Gasteiger partial charge is 0.265 e. The quantitative estimate of drug-likeness (QED) is 0.349. The Balaban J connectivity index is 1.19. The zero-order valence-electron chi connectivity index (χ0n) is 29.2. The normalized spacial score (nSPS) is 28.6. The first kappa shape index (κ1) is 32.3. The number of likely N-dealkylation sites (tertiary alicyclic amines) is 1. The van der Waals surface area contributed by atoms with Gasteiger partial charge in [0, 0.05) is 48.7 Å². The zero-order chi connectivity index (χ0) is 34.5. The molecule has 1 N–H and O–H groups in total. The molecule has 4 aliphatic carbocycles. The standard InChI is InChI=1S/C40H48N4O5S/c1-4-17-40(18-19-40)50(47,48)41-38(45)36-31-23-43-32(20-30-33(49-3)16-15-27(37(30)43)24-9-6-5-7-10-24)34-28(35(31)36)11-8-12-29(34)39(46)44-25-13-14-26(44)22-42(2)21-25/h4,8,11,15-16,20,24-26,29,34H,1,5-7,9-10,12-14,17-19,21-23H2,2-3H3,(H,41,45)/t25?,26?,29-,34?/m1/s1. The molecule has 4 atom stereocenters. The molecule has 1 aromatic heterocycles. The van der Waals surface area contributed by atoms with Crippen molar-refractivity contribution in [2.24, 2.45) is 5.92 Å². The van der Waals surface area contributed by atoms with Crippen molar-refractivity contribution < 1.29 is 22.7 Å². The monoisotopic (exact) mass is 696 g/mol. The number of aromatic nitrogens is 1. The van der Waals surface area contributed by atoms with Gasteiger partial charge in [-0.15, -0.1) is 6.58 Å². The Labute approximate surface area is 295 Å². The van der Waals surface area contributed by atoms with Gasteiger partial charge in [-0.05, 0) is 98.7 Å². The number of ether oxygens (including phenoxy) is 1. The third kappa shape index (κ3) is 4.84. The van der Waals surface area contributed by atoms with Crippen LogP contribution in [-0.2, 0) is 26.2 Å². The molecule has 2 bridgehead atoms. The second kappa shape index (κ2) is 11.7. The molecule has 50 heavy (non-hydrogen) atoms. The molecule has 264 valence electrons. The lowest BCUT2D eigenvalue weighted by Crippen LogP contribution is -2.56. The Hall–Kier alpha value is -3.63. The summed E-state index contributed by atoms with van der Waals surface area (Å²) < 4.78 is 36.9. The molecule has 0 spiro atoms. The van der Waals surface area contributed by atoms with Crippen molar-refractivity contribution in [2.45, 2.75) is 106 Å². The molecular formula is C40H48N4O5S. The van der Waals surface area contributed by atoms with Crippen molar-refractivity contribution in [2.75, 3.05) is 27.2 Å².